The molecule has 2 aliphatic rings. The highest BCUT2D eigenvalue weighted by Gasteiger charge is 2.44. The second-order valence-corrected chi connectivity index (χ2v) is 6.44. The topological polar surface area (TPSA) is 55.7 Å². The number of nitrogens with zero attached hydrogens (tertiary/aromatic N) is 1. The summed E-state index contributed by atoms with van der Waals surface area (Å²) >= 11 is 0. The Labute approximate surface area is 104 Å². The summed E-state index contributed by atoms with van der Waals surface area (Å²) in [6.07, 6.45) is 2.52. The minimum Gasteiger partial charge on any atom is -0.388 e. The molecule has 3 N–H and O–H groups in total. The van der Waals surface area contributed by atoms with Crippen LogP contribution in [0.2, 0.25) is 0 Å². The van der Waals surface area contributed by atoms with E-state index in [1.807, 2.05) is 0 Å². The lowest BCUT2D eigenvalue weighted by Crippen LogP contribution is -2.65. The molecule has 2 fully saturated rings. The van der Waals surface area contributed by atoms with Crippen molar-refractivity contribution in [3.8, 4) is 0 Å². The Kier molecular flexibility index (Phi) is 3.78. The van der Waals surface area contributed by atoms with Gasteiger partial charge >= 0.3 is 0 Å². The molecule has 0 aromatic carbocycles. The summed E-state index contributed by atoms with van der Waals surface area (Å²) in [5, 5.41) is 23.9. The van der Waals surface area contributed by atoms with Crippen LogP contribution < -0.4 is 5.32 Å². The van der Waals surface area contributed by atoms with E-state index >= 15 is 0 Å². The van der Waals surface area contributed by atoms with Crippen molar-refractivity contribution < 1.29 is 10.2 Å². The molecular weight excluding hydrogens is 216 g/mol. The number of hydrogen-bond acceptors (Lipinski definition) is 4. The van der Waals surface area contributed by atoms with Gasteiger partial charge in [-0.05, 0) is 38.3 Å². The molecule has 2 saturated heterocycles. The lowest BCUT2D eigenvalue weighted by atomic mass is 9.83. The smallest absolute Gasteiger partial charge is 0.0902 e. The highest BCUT2D eigenvalue weighted by molar-refractivity contribution is 4.99. The number of rotatable bonds is 4. The summed E-state index contributed by atoms with van der Waals surface area (Å²) in [7, 11) is 0. The second kappa shape index (κ2) is 4.84. The molecule has 0 aromatic rings. The van der Waals surface area contributed by atoms with Crippen LogP contribution in [0.1, 0.15) is 33.1 Å². The van der Waals surface area contributed by atoms with E-state index in [4.69, 9.17) is 0 Å². The van der Waals surface area contributed by atoms with E-state index in [2.05, 4.69) is 24.1 Å². The number of aliphatic hydroxyl groups is 2. The van der Waals surface area contributed by atoms with E-state index in [9.17, 15) is 10.2 Å². The monoisotopic (exact) mass is 242 g/mol. The number of nitrogens with one attached hydrogen (secondary N) is 1. The minimum atomic E-state index is -0.537. The molecule has 17 heavy (non-hydrogen) atoms. The summed E-state index contributed by atoms with van der Waals surface area (Å²) < 4.78 is 0. The van der Waals surface area contributed by atoms with Crippen molar-refractivity contribution in [3.05, 3.63) is 0 Å². The first-order valence-corrected chi connectivity index (χ1v) is 6.79. The van der Waals surface area contributed by atoms with E-state index in [0.717, 1.165) is 52.0 Å². The van der Waals surface area contributed by atoms with Gasteiger partial charge in [0.2, 0.25) is 0 Å². The molecule has 0 unspecified atom stereocenters. The van der Waals surface area contributed by atoms with Crippen LogP contribution in [0.15, 0.2) is 0 Å². The van der Waals surface area contributed by atoms with Gasteiger partial charge in [-0.15, -0.1) is 0 Å². The average molecular weight is 242 g/mol. The van der Waals surface area contributed by atoms with Gasteiger partial charge in [-0.25, -0.2) is 0 Å². The Balaban J connectivity index is 1.76. The number of hydrogen-bond donors (Lipinski definition) is 3. The van der Waals surface area contributed by atoms with Gasteiger partial charge in [0.05, 0.1) is 11.2 Å². The van der Waals surface area contributed by atoms with Crippen molar-refractivity contribution in [2.45, 2.75) is 44.3 Å². The van der Waals surface area contributed by atoms with Crippen LogP contribution in [0.5, 0.6) is 0 Å². The van der Waals surface area contributed by atoms with Crippen LogP contribution in [0.25, 0.3) is 0 Å². The van der Waals surface area contributed by atoms with Gasteiger partial charge in [0.15, 0.2) is 0 Å². The third-order valence-electron chi connectivity index (χ3n) is 3.88. The summed E-state index contributed by atoms with van der Waals surface area (Å²) in [5.41, 5.74) is -1.04. The molecule has 2 aliphatic heterocycles. The van der Waals surface area contributed by atoms with E-state index < -0.39 is 11.2 Å². The molecule has 0 aliphatic carbocycles. The first-order valence-electron chi connectivity index (χ1n) is 6.79. The standard InChI is InChI=1S/C13H26N2O2/c1-11(2)7-13(17)9-15(10-13)8-12(16)3-5-14-6-4-12/h11,14,16-17H,3-10H2,1-2H3. The zero-order chi connectivity index (χ0) is 12.5. The van der Waals surface area contributed by atoms with Gasteiger partial charge in [0, 0.05) is 19.6 Å². The zero-order valence-corrected chi connectivity index (χ0v) is 11.1. The maximum absolute atomic E-state index is 10.4. The van der Waals surface area contributed by atoms with Crippen molar-refractivity contribution in [2.24, 2.45) is 5.92 Å². The third-order valence-corrected chi connectivity index (χ3v) is 3.88. The Morgan fingerprint density at radius 3 is 2.24 bits per heavy atom. The van der Waals surface area contributed by atoms with E-state index in [0.29, 0.717) is 5.92 Å². The number of likely N-dealkylation sites (tertiary alicyclic amines) is 1. The molecule has 0 spiro atoms. The second-order valence-electron chi connectivity index (χ2n) is 6.44. The zero-order valence-electron chi connectivity index (χ0n) is 11.1. The largest absolute Gasteiger partial charge is 0.388 e. The molecule has 0 aromatic heterocycles. The van der Waals surface area contributed by atoms with Crippen LogP contribution in [0, 0.1) is 5.92 Å². The Morgan fingerprint density at radius 2 is 1.71 bits per heavy atom. The van der Waals surface area contributed by atoms with E-state index in [1.54, 1.807) is 0 Å². The van der Waals surface area contributed by atoms with Gasteiger partial charge in [0.25, 0.3) is 0 Å². The molecule has 0 bridgehead atoms. The van der Waals surface area contributed by atoms with E-state index in [1.165, 1.54) is 0 Å². The Hall–Kier alpha value is -0.160. The molecule has 4 nitrogen and oxygen atoms in total. The first kappa shape index (κ1) is 13.3. The summed E-state index contributed by atoms with van der Waals surface area (Å²) in [5.74, 6) is 0.532. The minimum absolute atomic E-state index is 0.503. The molecule has 0 atom stereocenters. The molecule has 2 heterocycles. The fourth-order valence-corrected chi connectivity index (χ4v) is 3.25. The predicted molar refractivity (Wildman–Crippen MR) is 67.9 cm³/mol. The quantitative estimate of drug-likeness (QED) is 0.659. The molecule has 2 rings (SSSR count). The molecular formula is C13H26N2O2. The lowest BCUT2D eigenvalue weighted by molar-refractivity contribution is -0.137. The fraction of sp³-hybridized carbons (Fsp3) is 1.00. The summed E-state index contributed by atoms with van der Waals surface area (Å²) in [4.78, 5) is 2.19. The van der Waals surface area contributed by atoms with Crippen molar-refractivity contribution in [1.29, 1.82) is 0 Å². The predicted octanol–water partition coefficient (Wildman–Crippen LogP) is 0.194. The highest BCUT2D eigenvalue weighted by atomic mass is 16.3. The third kappa shape index (κ3) is 3.41. The van der Waals surface area contributed by atoms with Crippen molar-refractivity contribution in [1.82, 2.24) is 10.2 Å². The molecule has 4 heteroatoms. The Morgan fingerprint density at radius 1 is 1.12 bits per heavy atom. The van der Waals surface area contributed by atoms with Gasteiger partial charge in [0.1, 0.15) is 0 Å². The van der Waals surface area contributed by atoms with Crippen molar-refractivity contribution in [3.63, 3.8) is 0 Å². The average Bonchev–Trinajstić information content (AvgIpc) is 2.14. The highest BCUT2D eigenvalue weighted by Crippen LogP contribution is 2.30. The summed E-state index contributed by atoms with van der Waals surface area (Å²) in [6.45, 7) is 8.25. The first-order chi connectivity index (χ1) is 7.91. The Bertz CT molecular complexity index is 256. The van der Waals surface area contributed by atoms with Crippen LogP contribution in [0.4, 0.5) is 0 Å². The van der Waals surface area contributed by atoms with Crippen LogP contribution in [0.3, 0.4) is 0 Å². The SMILES string of the molecule is CC(C)CC1(O)CN(CC2(O)CCNCC2)C1. The fourth-order valence-electron chi connectivity index (χ4n) is 3.25. The summed E-state index contributed by atoms with van der Waals surface area (Å²) in [6, 6.07) is 0. The number of piperidine rings is 1. The van der Waals surface area contributed by atoms with Gasteiger partial charge in [-0.2, -0.15) is 0 Å². The van der Waals surface area contributed by atoms with Gasteiger partial charge in [-0.3, -0.25) is 4.90 Å². The van der Waals surface area contributed by atoms with Gasteiger partial charge in [-0.1, -0.05) is 13.8 Å². The lowest BCUT2D eigenvalue weighted by Gasteiger charge is -2.50. The number of β-amino-alcohol motifs (C(OH)–C–C–N with tert-alkyl or cyclic N) is 2. The normalized spacial score (nSPS) is 28.1. The molecule has 0 amide bonds. The maximum atomic E-state index is 10.4. The maximum Gasteiger partial charge on any atom is 0.0902 e. The van der Waals surface area contributed by atoms with Crippen LogP contribution in [-0.2, 0) is 0 Å². The molecule has 0 radical (unpaired) electrons. The van der Waals surface area contributed by atoms with Crippen LogP contribution in [-0.4, -0.2) is 59.0 Å². The van der Waals surface area contributed by atoms with Gasteiger partial charge < -0.3 is 15.5 Å². The molecule has 0 saturated carbocycles. The van der Waals surface area contributed by atoms with Crippen LogP contribution >= 0.6 is 0 Å². The molecule has 100 valence electrons. The van der Waals surface area contributed by atoms with Crippen molar-refractivity contribution >= 4 is 0 Å². The van der Waals surface area contributed by atoms with Crippen molar-refractivity contribution in [2.75, 3.05) is 32.7 Å². The van der Waals surface area contributed by atoms with E-state index in [-0.39, 0.29) is 0 Å².